The van der Waals surface area contributed by atoms with Crippen LogP contribution in [-0.4, -0.2) is 28.2 Å². The number of aryl methyl sites for hydroxylation is 1. The zero-order valence-corrected chi connectivity index (χ0v) is 10.8. The molecule has 0 aliphatic carbocycles. The van der Waals surface area contributed by atoms with Crippen LogP contribution in [0.25, 0.3) is 0 Å². The van der Waals surface area contributed by atoms with Crippen LogP contribution in [0.3, 0.4) is 0 Å². The molecule has 0 saturated carbocycles. The van der Waals surface area contributed by atoms with E-state index < -0.39 is 0 Å². The van der Waals surface area contributed by atoms with Gasteiger partial charge >= 0.3 is 0 Å². The number of hydrogen-bond donors (Lipinski definition) is 4. The van der Waals surface area contributed by atoms with Gasteiger partial charge in [-0.15, -0.1) is 0 Å². The monoisotopic (exact) mass is 239 g/mol. The van der Waals surface area contributed by atoms with Gasteiger partial charge in [-0.2, -0.15) is 0 Å². The van der Waals surface area contributed by atoms with Gasteiger partial charge in [0.25, 0.3) is 0 Å². The third kappa shape index (κ3) is 3.54. The first-order chi connectivity index (χ1) is 7.89. The summed E-state index contributed by atoms with van der Waals surface area (Å²) >= 11 is 0. The largest absolute Gasteiger partial charge is 0.396 e. The molecule has 0 aliphatic rings. The molecule has 0 saturated heterocycles. The minimum absolute atomic E-state index is 0.116. The Hall–Kier alpha value is -1.40. The molecule has 1 rings (SSSR count). The minimum Gasteiger partial charge on any atom is -0.396 e. The van der Waals surface area contributed by atoms with Gasteiger partial charge in [-0.05, 0) is 13.8 Å². The molecule has 6 heteroatoms. The molecule has 1 aromatic rings. The number of anilines is 2. The lowest BCUT2D eigenvalue weighted by Gasteiger charge is -2.23. The number of hydrazine groups is 1. The molecule has 96 valence electrons. The maximum Gasteiger partial charge on any atom is 0.148 e. The van der Waals surface area contributed by atoms with Crippen LogP contribution >= 0.6 is 0 Å². The molecule has 0 radical (unpaired) electrons. The number of rotatable bonds is 5. The topological polar surface area (TPSA) is 96.1 Å². The van der Waals surface area contributed by atoms with E-state index in [0.717, 1.165) is 11.4 Å². The second kappa shape index (κ2) is 5.29. The molecule has 1 heterocycles. The van der Waals surface area contributed by atoms with Crippen molar-refractivity contribution in [1.82, 2.24) is 9.97 Å². The Morgan fingerprint density at radius 3 is 2.35 bits per heavy atom. The van der Waals surface area contributed by atoms with Crippen LogP contribution in [0, 0.1) is 19.3 Å². The van der Waals surface area contributed by atoms with Crippen molar-refractivity contribution in [2.45, 2.75) is 27.7 Å². The number of nitrogens with zero attached hydrogens (tertiary/aromatic N) is 2. The Bertz CT molecular complexity index is 392. The number of aromatic nitrogens is 2. The van der Waals surface area contributed by atoms with Gasteiger partial charge in [-0.1, -0.05) is 13.8 Å². The van der Waals surface area contributed by atoms with Crippen molar-refractivity contribution in [2.24, 2.45) is 11.3 Å². The highest BCUT2D eigenvalue weighted by molar-refractivity contribution is 5.56. The van der Waals surface area contributed by atoms with Crippen molar-refractivity contribution in [3.05, 3.63) is 11.4 Å². The summed E-state index contributed by atoms with van der Waals surface area (Å²) in [6.07, 6.45) is 0. The van der Waals surface area contributed by atoms with Gasteiger partial charge in [0.15, 0.2) is 0 Å². The van der Waals surface area contributed by atoms with E-state index in [1.54, 1.807) is 0 Å². The SMILES string of the molecule is Cc1nc(NN)c(C)c(NCC(C)(C)CO)n1. The molecule has 0 fully saturated rings. The summed E-state index contributed by atoms with van der Waals surface area (Å²) < 4.78 is 0. The first-order valence-electron chi connectivity index (χ1n) is 5.56. The van der Waals surface area contributed by atoms with Crippen molar-refractivity contribution < 1.29 is 5.11 Å². The van der Waals surface area contributed by atoms with Crippen molar-refractivity contribution in [1.29, 1.82) is 0 Å². The van der Waals surface area contributed by atoms with E-state index in [1.807, 2.05) is 27.7 Å². The van der Waals surface area contributed by atoms with Crippen molar-refractivity contribution in [3.63, 3.8) is 0 Å². The highest BCUT2D eigenvalue weighted by atomic mass is 16.3. The Morgan fingerprint density at radius 2 is 1.82 bits per heavy atom. The highest BCUT2D eigenvalue weighted by Gasteiger charge is 2.17. The molecule has 0 aliphatic heterocycles. The molecule has 0 unspecified atom stereocenters. The zero-order chi connectivity index (χ0) is 13.1. The maximum absolute atomic E-state index is 9.19. The molecule has 0 aromatic carbocycles. The first-order valence-corrected chi connectivity index (χ1v) is 5.56. The smallest absolute Gasteiger partial charge is 0.148 e. The number of nitrogen functional groups attached to an aromatic ring is 1. The van der Waals surface area contributed by atoms with Crippen LogP contribution < -0.4 is 16.6 Å². The average molecular weight is 239 g/mol. The quantitative estimate of drug-likeness (QED) is 0.448. The van der Waals surface area contributed by atoms with E-state index in [9.17, 15) is 5.11 Å². The lowest BCUT2D eigenvalue weighted by molar-refractivity contribution is 0.170. The fourth-order valence-corrected chi connectivity index (χ4v) is 1.32. The minimum atomic E-state index is -0.193. The zero-order valence-electron chi connectivity index (χ0n) is 10.8. The van der Waals surface area contributed by atoms with Crippen LogP contribution in [0.5, 0.6) is 0 Å². The number of aliphatic hydroxyl groups excluding tert-OH is 1. The van der Waals surface area contributed by atoms with Crippen LogP contribution in [0.4, 0.5) is 11.6 Å². The van der Waals surface area contributed by atoms with Crippen LogP contribution in [0.1, 0.15) is 25.2 Å². The third-order valence-corrected chi connectivity index (χ3v) is 2.56. The van der Waals surface area contributed by atoms with E-state index >= 15 is 0 Å². The highest BCUT2D eigenvalue weighted by Crippen LogP contribution is 2.21. The summed E-state index contributed by atoms with van der Waals surface area (Å²) in [4.78, 5) is 8.50. The third-order valence-electron chi connectivity index (χ3n) is 2.56. The molecule has 0 amide bonds. The molecular weight excluding hydrogens is 218 g/mol. The van der Waals surface area contributed by atoms with Gasteiger partial charge in [0, 0.05) is 24.1 Å². The molecule has 0 bridgehead atoms. The normalized spacial score (nSPS) is 11.4. The summed E-state index contributed by atoms with van der Waals surface area (Å²) in [5, 5.41) is 12.4. The van der Waals surface area contributed by atoms with Crippen molar-refractivity contribution >= 4 is 11.6 Å². The summed E-state index contributed by atoms with van der Waals surface area (Å²) in [6.45, 7) is 8.40. The van der Waals surface area contributed by atoms with Gasteiger partial charge in [-0.3, -0.25) is 0 Å². The van der Waals surface area contributed by atoms with Crippen molar-refractivity contribution in [2.75, 3.05) is 23.9 Å². The lowest BCUT2D eigenvalue weighted by Crippen LogP contribution is -2.27. The van der Waals surface area contributed by atoms with Gasteiger partial charge in [0.05, 0.1) is 0 Å². The Morgan fingerprint density at radius 1 is 1.24 bits per heavy atom. The molecule has 0 atom stereocenters. The predicted molar refractivity (Wildman–Crippen MR) is 68.7 cm³/mol. The summed E-state index contributed by atoms with van der Waals surface area (Å²) in [5.74, 6) is 7.39. The lowest BCUT2D eigenvalue weighted by atomic mass is 9.95. The van der Waals surface area contributed by atoms with Crippen molar-refractivity contribution in [3.8, 4) is 0 Å². The first kappa shape index (κ1) is 13.7. The van der Waals surface area contributed by atoms with Crippen LogP contribution in [0.15, 0.2) is 0 Å². The summed E-state index contributed by atoms with van der Waals surface area (Å²) in [5.41, 5.74) is 3.22. The van der Waals surface area contributed by atoms with E-state index in [2.05, 4.69) is 20.7 Å². The van der Waals surface area contributed by atoms with E-state index in [4.69, 9.17) is 5.84 Å². The molecule has 0 spiro atoms. The Balaban J connectivity index is 2.88. The number of nitrogens with two attached hydrogens (primary N) is 1. The predicted octanol–water partition coefficient (Wildman–Crippen LogP) is 0.809. The van der Waals surface area contributed by atoms with Gasteiger partial charge in [-0.25, -0.2) is 15.8 Å². The number of hydrogen-bond acceptors (Lipinski definition) is 6. The molecular formula is C11H21N5O. The molecule has 5 N–H and O–H groups in total. The summed E-state index contributed by atoms with van der Waals surface area (Å²) in [6, 6.07) is 0. The molecule has 6 nitrogen and oxygen atoms in total. The summed E-state index contributed by atoms with van der Waals surface area (Å²) in [7, 11) is 0. The van der Waals surface area contributed by atoms with Crippen LogP contribution in [-0.2, 0) is 0 Å². The molecule has 17 heavy (non-hydrogen) atoms. The van der Waals surface area contributed by atoms with E-state index in [0.29, 0.717) is 18.2 Å². The average Bonchev–Trinajstić information content (AvgIpc) is 2.30. The Labute approximate surface area is 102 Å². The van der Waals surface area contributed by atoms with Crippen LogP contribution in [0.2, 0.25) is 0 Å². The Kier molecular flexibility index (Phi) is 4.25. The van der Waals surface area contributed by atoms with E-state index in [-0.39, 0.29) is 12.0 Å². The molecule has 1 aromatic heterocycles. The fraction of sp³-hybridized carbons (Fsp3) is 0.636. The number of nitrogens with one attached hydrogen (secondary N) is 2. The fourth-order valence-electron chi connectivity index (χ4n) is 1.32. The number of aliphatic hydroxyl groups is 1. The second-order valence-electron chi connectivity index (χ2n) is 4.91. The second-order valence-corrected chi connectivity index (χ2v) is 4.91. The van der Waals surface area contributed by atoms with E-state index in [1.165, 1.54) is 0 Å². The van der Waals surface area contributed by atoms with Gasteiger partial charge < -0.3 is 15.8 Å². The standard InChI is InChI=1S/C11H21N5O/c1-7-9(13-5-11(3,4)6-17)14-8(2)15-10(7)16-12/h17H,5-6,12H2,1-4H3,(H2,13,14,15,16). The maximum atomic E-state index is 9.19. The van der Waals surface area contributed by atoms with Gasteiger partial charge in [0.1, 0.15) is 17.5 Å². The van der Waals surface area contributed by atoms with Gasteiger partial charge in [0.2, 0.25) is 0 Å².